The van der Waals surface area contributed by atoms with Gasteiger partial charge in [0.25, 0.3) is 0 Å². The third-order valence-corrected chi connectivity index (χ3v) is 8.43. The van der Waals surface area contributed by atoms with Crippen molar-refractivity contribution in [2.24, 2.45) is 11.8 Å². The van der Waals surface area contributed by atoms with Crippen molar-refractivity contribution in [3.8, 4) is 5.75 Å². The number of hydrogen-bond acceptors (Lipinski definition) is 2. The quantitative estimate of drug-likeness (QED) is 0.340. The first-order chi connectivity index (χ1) is 15.8. The van der Waals surface area contributed by atoms with Crippen LogP contribution < -0.4 is 4.74 Å². The molecule has 168 valence electrons. The van der Waals surface area contributed by atoms with Crippen LogP contribution in [0.2, 0.25) is 0 Å². The van der Waals surface area contributed by atoms with Gasteiger partial charge in [0.15, 0.2) is 5.69 Å². The smallest absolute Gasteiger partial charge is 0.187 e. The lowest BCUT2D eigenvalue weighted by Crippen LogP contribution is -2.59. The lowest BCUT2D eigenvalue weighted by Gasteiger charge is -2.56. The molecule has 2 fully saturated rings. The molecule has 1 heterocycles. The van der Waals surface area contributed by atoms with Gasteiger partial charge in [0.05, 0.1) is 13.2 Å². The van der Waals surface area contributed by atoms with E-state index in [4.69, 9.17) is 11.3 Å². The molecule has 1 saturated heterocycles. The van der Waals surface area contributed by atoms with E-state index in [0.29, 0.717) is 11.1 Å². The van der Waals surface area contributed by atoms with Crippen LogP contribution in [-0.4, -0.2) is 31.1 Å². The number of fused-ring (bicyclic) bond motifs is 1. The second kappa shape index (κ2) is 9.67. The standard InChI is InChI=1S/C29H36N2O/c1-30-26-14-16-27(17-15-26)32-20-7-6-19-31-21-25(22-31)29(24-11-3-4-12-24)18-8-10-23-9-2-5-13-28(23)29/h2,5,9,13-17,24-25H,3-4,6-8,10-12,18-22H2. The lowest BCUT2D eigenvalue weighted by atomic mass is 9.54. The van der Waals surface area contributed by atoms with Crippen LogP contribution in [0.3, 0.4) is 0 Å². The van der Waals surface area contributed by atoms with Crippen LogP contribution in [0, 0.1) is 18.4 Å². The Labute approximate surface area is 193 Å². The van der Waals surface area contributed by atoms with Crippen LogP contribution in [-0.2, 0) is 11.8 Å². The minimum Gasteiger partial charge on any atom is -0.494 e. The molecule has 32 heavy (non-hydrogen) atoms. The van der Waals surface area contributed by atoms with Gasteiger partial charge in [-0.15, -0.1) is 0 Å². The topological polar surface area (TPSA) is 16.8 Å². The molecule has 0 spiro atoms. The van der Waals surface area contributed by atoms with Crippen LogP contribution in [0.25, 0.3) is 4.85 Å². The first kappa shape index (κ1) is 21.5. The highest BCUT2D eigenvalue weighted by atomic mass is 16.5. The monoisotopic (exact) mass is 428 g/mol. The van der Waals surface area contributed by atoms with Gasteiger partial charge in [-0.05, 0) is 86.6 Å². The second-order valence-corrected chi connectivity index (χ2v) is 10.2. The van der Waals surface area contributed by atoms with Gasteiger partial charge in [-0.2, -0.15) is 0 Å². The molecule has 0 bridgehead atoms. The second-order valence-electron chi connectivity index (χ2n) is 10.2. The van der Waals surface area contributed by atoms with E-state index < -0.39 is 0 Å². The Bertz CT molecular complexity index is 934. The maximum absolute atomic E-state index is 7.03. The van der Waals surface area contributed by atoms with E-state index in [1.54, 1.807) is 11.1 Å². The number of ether oxygens (including phenoxy) is 1. The summed E-state index contributed by atoms with van der Waals surface area (Å²) in [6.07, 6.45) is 12.1. The molecule has 0 aromatic heterocycles. The number of hydrogen-bond donors (Lipinski definition) is 0. The predicted octanol–water partition coefficient (Wildman–Crippen LogP) is 6.79. The molecule has 1 unspecified atom stereocenters. The minimum absolute atomic E-state index is 0.447. The van der Waals surface area contributed by atoms with Crippen LogP contribution in [0.15, 0.2) is 48.5 Å². The SMILES string of the molecule is [C-]#[N+]c1ccc(OCCCCN2CC(C3(C4CCCC4)CCCc4ccccc43)C2)cc1. The van der Waals surface area contributed by atoms with Gasteiger partial charge in [0, 0.05) is 18.5 Å². The summed E-state index contributed by atoms with van der Waals surface area (Å²) in [5.41, 5.74) is 4.48. The molecule has 5 rings (SSSR count). The van der Waals surface area contributed by atoms with E-state index in [0.717, 1.165) is 30.6 Å². The summed E-state index contributed by atoms with van der Waals surface area (Å²) in [6.45, 7) is 11.5. The third-order valence-electron chi connectivity index (χ3n) is 8.43. The zero-order valence-corrected chi connectivity index (χ0v) is 19.3. The van der Waals surface area contributed by atoms with Crippen molar-refractivity contribution in [2.45, 2.75) is 63.2 Å². The van der Waals surface area contributed by atoms with Crippen molar-refractivity contribution in [3.63, 3.8) is 0 Å². The highest BCUT2D eigenvalue weighted by molar-refractivity contribution is 5.47. The Hall–Kier alpha value is -2.31. The summed E-state index contributed by atoms with van der Waals surface area (Å²) in [5, 5.41) is 0. The van der Waals surface area contributed by atoms with Crippen LogP contribution in [0.1, 0.15) is 62.5 Å². The zero-order chi connectivity index (χ0) is 21.8. The Morgan fingerprint density at radius 3 is 2.50 bits per heavy atom. The first-order valence-corrected chi connectivity index (χ1v) is 12.7. The maximum Gasteiger partial charge on any atom is 0.187 e. The highest BCUT2D eigenvalue weighted by Crippen LogP contribution is 2.55. The number of aryl methyl sites for hydroxylation is 1. The molecule has 0 amide bonds. The zero-order valence-electron chi connectivity index (χ0n) is 19.3. The molecule has 1 aliphatic heterocycles. The molecular formula is C29H36N2O. The molecule has 0 radical (unpaired) electrons. The van der Waals surface area contributed by atoms with E-state index in [-0.39, 0.29) is 0 Å². The van der Waals surface area contributed by atoms with Gasteiger partial charge in [-0.3, -0.25) is 0 Å². The summed E-state index contributed by atoms with van der Waals surface area (Å²) in [4.78, 5) is 6.11. The Morgan fingerprint density at radius 2 is 1.72 bits per heavy atom. The molecule has 2 aromatic rings. The van der Waals surface area contributed by atoms with Crippen LogP contribution in [0.5, 0.6) is 5.75 Å². The van der Waals surface area contributed by atoms with Crippen LogP contribution >= 0.6 is 0 Å². The van der Waals surface area contributed by atoms with Gasteiger partial charge in [0.2, 0.25) is 0 Å². The molecule has 2 aliphatic carbocycles. The summed E-state index contributed by atoms with van der Waals surface area (Å²) < 4.78 is 5.86. The van der Waals surface area contributed by atoms with Gasteiger partial charge in [-0.1, -0.05) is 49.2 Å². The fourth-order valence-corrected chi connectivity index (χ4v) is 6.84. The van der Waals surface area contributed by atoms with Crippen LogP contribution in [0.4, 0.5) is 5.69 Å². The largest absolute Gasteiger partial charge is 0.494 e. The summed E-state index contributed by atoms with van der Waals surface area (Å²) in [6, 6.07) is 16.9. The molecule has 3 heteroatoms. The predicted molar refractivity (Wildman–Crippen MR) is 130 cm³/mol. The van der Waals surface area contributed by atoms with E-state index in [1.165, 1.54) is 71.0 Å². The highest BCUT2D eigenvalue weighted by Gasteiger charge is 2.52. The Morgan fingerprint density at radius 1 is 0.938 bits per heavy atom. The van der Waals surface area contributed by atoms with E-state index in [2.05, 4.69) is 34.0 Å². The molecule has 0 N–H and O–H groups in total. The van der Waals surface area contributed by atoms with E-state index in [1.807, 2.05) is 24.3 Å². The average molecular weight is 429 g/mol. The Kier molecular flexibility index (Phi) is 6.51. The number of nitrogens with zero attached hydrogens (tertiary/aromatic N) is 2. The molecule has 1 atom stereocenters. The van der Waals surface area contributed by atoms with E-state index >= 15 is 0 Å². The van der Waals surface area contributed by atoms with Crippen molar-refractivity contribution < 1.29 is 4.74 Å². The Balaban J connectivity index is 1.13. The van der Waals surface area contributed by atoms with Gasteiger partial charge in [0.1, 0.15) is 5.75 Å². The van der Waals surface area contributed by atoms with Crippen molar-refractivity contribution in [3.05, 3.63) is 71.1 Å². The number of likely N-dealkylation sites (tertiary alicyclic amines) is 1. The normalized spacial score (nSPS) is 24.0. The lowest BCUT2D eigenvalue weighted by molar-refractivity contribution is -0.000307. The van der Waals surface area contributed by atoms with Gasteiger partial charge < -0.3 is 9.64 Å². The first-order valence-electron chi connectivity index (χ1n) is 12.7. The average Bonchev–Trinajstić information content (AvgIpc) is 3.36. The molecule has 1 saturated carbocycles. The fraction of sp³-hybridized carbons (Fsp3) is 0.552. The number of benzene rings is 2. The summed E-state index contributed by atoms with van der Waals surface area (Å²) in [5.74, 6) is 2.61. The maximum atomic E-state index is 7.03. The van der Waals surface area contributed by atoms with Crippen molar-refractivity contribution in [2.75, 3.05) is 26.2 Å². The minimum atomic E-state index is 0.447. The summed E-state index contributed by atoms with van der Waals surface area (Å²) >= 11 is 0. The molecular weight excluding hydrogens is 392 g/mol. The molecule has 3 nitrogen and oxygen atoms in total. The van der Waals surface area contributed by atoms with Gasteiger partial charge >= 0.3 is 0 Å². The third kappa shape index (κ3) is 4.18. The number of unbranched alkanes of at least 4 members (excludes halogenated alkanes) is 1. The van der Waals surface area contributed by atoms with Crippen molar-refractivity contribution in [1.29, 1.82) is 0 Å². The molecule has 2 aromatic carbocycles. The molecule has 3 aliphatic rings. The fourth-order valence-electron chi connectivity index (χ4n) is 6.84. The van der Waals surface area contributed by atoms with E-state index in [9.17, 15) is 0 Å². The number of rotatable bonds is 8. The van der Waals surface area contributed by atoms with Crippen molar-refractivity contribution >= 4 is 5.69 Å². The van der Waals surface area contributed by atoms with Gasteiger partial charge in [-0.25, -0.2) is 4.85 Å². The van der Waals surface area contributed by atoms with Crippen molar-refractivity contribution in [1.82, 2.24) is 4.90 Å². The summed E-state index contributed by atoms with van der Waals surface area (Å²) in [7, 11) is 0.